The van der Waals surface area contributed by atoms with E-state index in [0.29, 0.717) is 42.7 Å². The summed E-state index contributed by atoms with van der Waals surface area (Å²) in [6.07, 6.45) is 0. The molecule has 0 saturated carbocycles. The van der Waals surface area contributed by atoms with Crippen molar-refractivity contribution in [2.45, 2.75) is 0 Å². The highest BCUT2D eigenvalue weighted by molar-refractivity contribution is 6.43. The third kappa shape index (κ3) is 6.47. The molecule has 9 heteroatoms. The predicted octanol–water partition coefficient (Wildman–Crippen LogP) is 16.4. The van der Waals surface area contributed by atoms with Gasteiger partial charge in [-0.2, -0.15) is 0 Å². The summed E-state index contributed by atoms with van der Waals surface area (Å²) in [5.74, 6) is 0.433. The van der Waals surface area contributed by atoms with E-state index in [1.165, 1.54) is 0 Å². The summed E-state index contributed by atoms with van der Waals surface area (Å²) in [6, 6.07) is 43.7. The van der Waals surface area contributed by atoms with Crippen LogP contribution in [0.1, 0.15) is 16.7 Å². The fraction of sp³-hybridized carbons (Fsp3) is 0. The zero-order valence-electron chi connectivity index (χ0n) is 26.7. The monoisotopic (exact) mass is 832 g/mol. The summed E-state index contributed by atoms with van der Waals surface area (Å²) in [5, 5.41) is 4.56. The average molecular weight is 836 g/mol. The molecule has 0 spiro atoms. The zero-order chi connectivity index (χ0) is 36.3. The molecule has 1 aromatic heterocycles. The summed E-state index contributed by atoms with van der Waals surface area (Å²) < 4.78 is 2.17. The van der Waals surface area contributed by atoms with E-state index in [1.54, 1.807) is 24.3 Å². The molecule has 255 valence electrons. The molecule has 0 bridgehead atoms. The average Bonchev–Trinajstić information content (AvgIpc) is 3.44. The lowest BCUT2D eigenvalue weighted by molar-refractivity contribution is 1.16. The van der Waals surface area contributed by atoms with Gasteiger partial charge in [-0.3, -0.25) is 0 Å². The fourth-order valence-electron chi connectivity index (χ4n) is 6.79. The first-order chi connectivity index (χ1) is 25.1. The maximum atomic E-state index is 7.29. The van der Waals surface area contributed by atoms with E-state index < -0.39 is 0 Å². The largest absolute Gasteiger partial charge is 0.309 e. The summed E-state index contributed by atoms with van der Waals surface area (Å²) >= 11 is 54.6. The van der Waals surface area contributed by atoms with Crippen LogP contribution in [0.4, 0.5) is 0 Å². The molecule has 1 heterocycles. The number of nitrogens with zero attached hydrogens (tertiary/aromatic N) is 1. The number of hydrogen-bond donors (Lipinski definition) is 0. The van der Waals surface area contributed by atoms with Crippen molar-refractivity contribution in [3.8, 4) is 27.9 Å². The molecule has 0 aliphatic rings. The van der Waals surface area contributed by atoms with Gasteiger partial charge in [-0.05, 0) is 82.9 Å². The van der Waals surface area contributed by atoms with Gasteiger partial charge in [0.15, 0.2) is 0 Å². The minimum absolute atomic E-state index is 0.261. The van der Waals surface area contributed by atoms with Crippen LogP contribution >= 0.6 is 92.8 Å². The van der Waals surface area contributed by atoms with Crippen LogP contribution in [-0.2, 0) is 0 Å². The van der Waals surface area contributed by atoms with Crippen LogP contribution in [-0.4, -0.2) is 4.57 Å². The third-order valence-electron chi connectivity index (χ3n) is 9.03. The molecule has 0 amide bonds. The van der Waals surface area contributed by atoms with E-state index in [1.807, 2.05) is 48.5 Å². The Morgan fingerprint density at radius 1 is 0.346 bits per heavy atom. The van der Waals surface area contributed by atoms with Gasteiger partial charge in [-0.15, -0.1) is 0 Å². The first-order valence-corrected chi connectivity index (χ1v) is 19.0. The molecule has 0 aliphatic heterocycles. The van der Waals surface area contributed by atoms with Gasteiger partial charge < -0.3 is 4.57 Å². The fourth-order valence-corrected chi connectivity index (χ4v) is 9.46. The van der Waals surface area contributed by atoms with E-state index in [4.69, 9.17) is 92.8 Å². The van der Waals surface area contributed by atoms with Gasteiger partial charge >= 0.3 is 0 Å². The minimum Gasteiger partial charge on any atom is -0.309 e. The smallest absolute Gasteiger partial charge is 0.0720 e. The molecule has 52 heavy (non-hydrogen) atoms. The van der Waals surface area contributed by atoms with E-state index in [9.17, 15) is 0 Å². The Hall–Kier alpha value is -3.34. The van der Waals surface area contributed by atoms with Crippen LogP contribution in [0, 0.1) is 5.92 Å². The third-order valence-corrected chi connectivity index (χ3v) is 11.3. The van der Waals surface area contributed by atoms with Crippen molar-refractivity contribution < 1.29 is 0 Å². The second-order valence-electron chi connectivity index (χ2n) is 12.2. The summed E-state index contributed by atoms with van der Waals surface area (Å²) in [4.78, 5) is 0. The van der Waals surface area contributed by atoms with Gasteiger partial charge in [0, 0.05) is 73.3 Å². The Morgan fingerprint density at radius 3 is 1.06 bits per heavy atom. The Balaban J connectivity index is 1.38. The number of aromatic nitrogens is 1. The number of benzene rings is 7. The number of hydrogen-bond acceptors (Lipinski definition) is 0. The van der Waals surface area contributed by atoms with Gasteiger partial charge in [0.05, 0.1) is 17.0 Å². The predicted molar refractivity (Wildman–Crippen MR) is 225 cm³/mol. The molecule has 0 aliphatic carbocycles. The number of halogens is 8. The quantitative estimate of drug-likeness (QED) is 0.147. The SMILES string of the molecule is Clc1cc(Cl)c([C](c2c(Cl)cc(Cl)cc2Cl)c2c(Cl)cc(-n3c4ccc(-c5ccccc5)cc4c4cc(-c5ccccc5)ccc43)cc2Cl)c(Cl)c1. The van der Waals surface area contributed by atoms with Gasteiger partial charge in [0.1, 0.15) is 0 Å². The standard InChI is InChI=1S/C43H22Cl8N/c44-27-17-32(46)40(33(47)18-27)43(41-34(48)19-28(45)20-35(41)49)42-36(50)21-29(22-37(42)51)52-38-13-11-25(23-7-3-1-4-8-23)15-30(38)31-16-26(12-14-39(31)52)24-9-5-2-6-10-24/h1-22H. The molecule has 0 atom stereocenters. The molecule has 0 fully saturated rings. The molecule has 1 nitrogen and oxygen atoms in total. The van der Waals surface area contributed by atoms with E-state index in [2.05, 4.69) is 65.2 Å². The molecular weight excluding hydrogens is 814 g/mol. The minimum atomic E-state index is 0.261. The van der Waals surface area contributed by atoms with Gasteiger partial charge in [-0.1, -0.05) is 166 Å². The molecule has 8 aromatic rings. The Bertz CT molecular complexity index is 2440. The van der Waals surface area contributed by atoms with Crippen molar-refractivity contribution in [3.63, 3.8) is 0 Å². The van der Waals surface area contributed by atoms with E-state index >= 15 is 0 Å². The maximum absolute atomic E-state index is 7.29. The number of rotatable bonds is 6. The van der Waals surface area contributed by atoms with Crippen LogP contribution in [0.25, 0.3) is 49.7 Å². The maximum Gasteiger partial charge on any atom is 0.0720 e. The van der Waals surface area contributed by atoms with E-state index in [-0.39, 0.29) is 20.1 Å². The Kier molecular flexibility index (Phi) is 9.93. The lowest BCUT2D eigenvalue weighted by Crippen LogP contribution is -2.10. The van der Waals surface area contributed by atoms with Crippen LogP contribution in [0.3, 0.4) is 0 Å². The van der Waals surface area contributed by atoms with Crippen molar-refractivity contribution in [3.05, 3.63) is 196 Å². The normalized spacial score (nSPS) is 11.6. The molecule has 0 saturated heterocycles. The molecular formula is C43H22Cl8N. The summed E-state index contributed by atoms with van der Waals surface area (Å²) in [7, 11) is 0. The van der Waals surface area contributed by atoms with Crippen molar-refractivity contribution >= 4 is 115 Å². The van der Waals surface area contributed by atoms with Crippen molar-refractivity contribution in [1.29, 1.82) is 0 Å². The van der Waals surface area contributed by atoms with Crippen LogP contribution in [0.2, 0.25) is 40.2 Å². The second kappa shape index (κ2) is 14.5. The zero-order valence-corrected chi connectivity index (χ0v) is 32.7. The first-order valence-electron chi connectivity index (χ1n) is 15.9. The van der Waals surface area contributed by atoms with Gasteiger partial charge in [0.2, 0.25) is 0 Å². The lowest BCUT2D eigenvalue weighted by Gasteiger charge is -2.25. The topological polar surface area (TPSA) is 4.93 Å². The molecule has 0 N–H and O–H groups in total. The van der Waals surface area contributed by atoms with Crippen molar-refractivity contribution in [2.24, 2.45) is 0 Å². The molecule has 1 radical (unpaired) electrons. The van der Waals surface area contributed by atoms with Gasteiger partial charge in [0.25, 0.3) is 0 Å². The first kappa shape index (κ1) is 35.7. The highest BCUT2D eigenvalue weighted by atomic mass is 35.5. The van der Waals surface area contributed by atoms with Gasteiger partial charge in [-0.25, -0.2) is 0 Å². The Morgan fingerprint density at radius 2 is 0.692 bits per heavy atom. The second-order valence-corrected chi connectivity index (χ2v) is 15.5. The molecule has 0 unspecified atom stereocenters. The Labute approximate surface area is 340 Å². The highest BCUT2D eigenvalue weighted by Gasteiger charge is 2.32. The van der Waals surface area contributed by atoms with E-state index in [0.717, 1.165) is 49.7 Å². The summed E-state index contributed by atoms with van der Waals surface area (Å²) in [5.41, 5.74) is 8.44. The molecule has 8 rings (SSSR count). The summed E-state index contributed by atoms with van der Waals surface area (Å²) in [6.45, 7) is 0. The van der Waals surface area contributed by atoms with Crippen LogP contribution in [0.5, 0.6) is 0 Å². The molecule has 7 aromatic carbocycles. The van der Waals surface area contributed by atoms with Crippen LogP contribution < -0.4 is 0 Å². The van der Waals surface area contributed by atoms with Crippen LogP contribution in [0.15, 0.2) is 133 Å². The van der Waals surface area contributed by atoms with Crippen molar-refractivity contribution in [2.75, 3.05) is 0 Å². The lowest BCUT2D eigenvalue weighted by atomic mass is 9.84. The number of fused-ring (bicyclic) bond motifs is 3. The highest BCUT2D eigenvalue weighted by Crippen LogP contribution is 2.50. The van der Waals surface area contributed by atoms with Crippen molar-refractivity contribution in [1.82, 2.24) is 4.57 Å².